The molecule has 39 heavy (non-hydrogen) atoms. The minimum Gasteiger partial charge on any atom is -0.507 e. The lowest BCUT2D eigenvalue weighted by molar-refractivity contribution is -0.132. The van der Waals surface area contributed by atoms with Crippen LogP contribution in [0, 0.1) is 6.92 Å². The van der Waals surface area contributed by atoms with Gasteiger partial charge in [-0.05, 0) is 67.3 Å². The lowest BCUT2D eigenvalue weighted by atomic mass is 9.95. The van der Waals surface area contributed by atoms with Crippen LogP contribution in [-0.4, -0.2) is 35.0 Å². The Hall–Kier alpha value is -4.17. The highest BCUT2D eigenvalue weighted by Gasteiger charge is 2.48. The first kappa shape index (κ1) is 26.4. The molecule has 5 rings (SSSR count). The molecule has 3 aromatic carbocycles. The number of rotatable bonds is 9. The summed E-state index contributed by atoms with van der Waals surface area (Å²) < 4.78 is 12.4. The van der Waals surface area contributed by atoms with E-state index in [1.807, 2.05) is 63.2 Å². The molecule has 200 valence electrons. The second-order valence-electron chi connectivity index (χ2n) is 9.43. The average Bonchev–Trinajstić information content (AvgIpc) is 3.48. The molecule has 1 N–H and O–H groups in total. The van der Waals surface area contributed by atoms with Crippen molar-refractivity contribution in [1.82, 2.24) is 4.98 Å². The normalized spacial score (nSPS) is 16.7. The molecular formula is C31H30N2O5S. The van der Waals surface area contributed by atoms with Gasteiger partial charge in [0.1, 0.15) is 17.3 Å². The van der Waals surface area contributed by atoms with Crippen LogP contribution in [0.5, 0.6) is 11.5 Å². The van der Waals surface area contributed by atoms with Gasteiger partial charge in [-0.15, -0.1) is 0 Å². The Kier molecular flexibility index (Phi) is 7.65. The fourth-order valence-electron chi connectivity index (χ4n) is 4.54. The van der Waals surface area contributed by atoms with Crippen molar-refractivity contribution in [3.8, 4) is 11.5 Å². The third-order valence-electron chi connectivity index (χ3n) is 6.43. The zero-order valence-corrected chi connectivity index (χ0v) is 23.0. The molecule has 7 nitrogen and oxygen atoms in total. The Morgan fingerprint density at radius 1 is 0.949 bits per heavy atom. The van der Waals surface area contributed by atoms with Gasteiger partial charge in [0.15, 0.2) is 5.13 Å². The number of carbonyl (C=O) groups is 2. The lowest BCUT2D eigenvalue weighted by Crippen LogP contribution is -2.29. The first-order valence-electron chi connectivity index (χ1n) is 13.1. The summed E-state index contributed by atoms with van der Waals surface area (Å²) in [6, 6.07) is 19.2. The molecule has 1 saturated heterocycles. The highest BCUT2D eigenvalue weighted by molar-refractivity contribution is 7.22. The summed E-state index contributed by atoms with van der Waals surface area (Å²) in [7, 11) is 0. The Bertz CT molecular complexity index is 1560. The SMILES string of the molecule is CCCOc1ccc(C2C(=C(O)c3cccc(OCCC)c3)C(=O)C(=O)N2c2nc3ccc(C)cc3s2)cc1. The van der Waals surface area contributed by atoms with Gasteiger partial charge < -0.3 is 14.6 Å². The van der Waals surface area contributed by atoms with Gasteiger partial charge >= 0.3 is 5.91 Å². The van der Waals surface area contributed by atoms with Crippen LogP contribution in [0.25, 0.3) is 16.0 Å². The van der Waals surface area contributed by atoms with E-state index in [-0.39, 0.29) is 11.3 Å². The summed E-state index contributed by atoms with van der Waals surface area (Å²) in [6.07, 6.45) is 1.71. The summed E-state index contributed by atoms with van der Waals surface area (Å²) in [5, 5.41) is 11.9. The summed E-state index contributed by atoms with van der Waals surface area (Å²) in [6.45, 7) is 7.14. The molecule has 4 aromatic rings. The third-order valence-corrected chi connectivity index (χ3v) is 7.45. The number of benzene rings is 3. The van der Waals surface area contributed by atoms with Crippen molar-refractivity contribution in [3.63, 3.8) is 0 Å². The van der Waals surface area contributed by atoms with E-state index in [1.54, 1.807) is 24.3 Å². The Balaban J connectivity index is 1.64. The minimum absolute atomic E-state index is 0.00491. The fourth-order valence-corrected chi connectivity index (χ4v) is 5.63. The first-order valence-corrected chi connectivity index (χ1v) is 13.9. The number of anilines is 1. The van der Waals surface area contributed by atoms with E-state index >= 15 is 0 Å². The Morgan fingerprint density at radius 3 is 2.38 bits per heavy atom. The number of hydrogen-bond acceptors (Lipinski definition) is 7. The number of ether oxygens (including phenoxy) is 2. The Labute approximate surface area is 231 Å². The molecule has 0 saturated carbocycles. The van der Waals surface area contributed by atoms with Crippen LogP contribution >= 0.6 is 11.3 Å². The number of nitrogens with zero attached hydrogens (tertiary/aromatic N) is 2. The van der Waals surface area contributed by atoms with Gasteiger partial charge in [0.25, 0.3) is 5.78 Å². The molecule has 1 atom stereocenters. The number of Topliss-reactive ketones (excluding diaryl/α,β-unsaturated/α-hetero) is 1. The highest BCUT2D eigenvalue weighted by atomic mass is 32.1. The smallest absolute Gasteiger partial charge is 0.301 e. The van der Waals surface area contributed by atoms with Crippen LogP contribution in [0.4, 0.5) is 5.13 Å². The molecule has 1 amide bonds. The molecule has 0 radical (unpaired) electrons. The first-order chi connectivity index (χ1) is 18.9. The van der Waals surface area contributed by atoms with E-state index in [2.05, 4.69) is 0 Å². The number of hydrogen-bond donors (Lipinski definition) is 1. The van der Waals surface area contributed by atoms with Crippen LogP contribution in [0.3, 0.4) is 0 Å². The van der Waals surface area contributed by atoms with Crippen LogP contribution in [0.1, 0.15) is 49.4 Å². The van der Waals surface area contributed by atoms with Crippen molar-refractivity contribution >= 4 is 44.1 Å². The molecule has 1 unspecified atom stereocenters. The second-order valence-corrected chi connectivity index (χ2v) is 10.4. The minimum atomic E-state index is -0.868. The fraction of sp³-hybridized carbons (Fsp3) is 0.258. The summed E-state index contributed by atoms with van der Waals surface area (Å²) in [4.78, 5) is 33.2. The summed E-state index contributed by atoms with van der Waals surface area (Å²) in [5.74, 6) is -0.494. The number of aromatic nitrogens is 1. The van der Waals surface area contributed by atoms with Gasteiger partial charge in [-0.25, -0.2) is 4.98 Å². The number of carbonyl (C=O) groups excluding carboxylic acids is 2. The summed E-state index contributed by atoms with van der Waals surface area (Å²) >= 11 is 1.34. The number of aliphatic hydroxyl groups excluding tert-OH is 1. The maximum absolute atomic E-state index is 13.5. The number of aryl methyl sites for hydroxylation is 1. The van der Waals surface area contributed by atoms with Crippen LogP contribution in [0.2, 0.25) is 0 Å². The van der Waals surface area contributed by atoms with Crippen molar-refractivity contribution in [2.24, 2.45) is 0 Å². The van der Waals surface area contributed by atoms with E-state index in [1.165, 1.54) is 16.2 Å². The van der Waals surface area contributed by atoms with E-state index in [0.717, 1.165) is 28.6 Å². The molecule has 0 bridgehead atoms. The topological polar surface area (TPSA) is 89.0 Å². The van der Waals surface area contributed by atoms with Crippen molar-refractivity contribution in [1.29, 1.82) is 0 Å². The molecule has 0 spiro atoms. The van der Waals surface area contributed by atoms with E-state index < -0.39 is 17.7 Å². The van der Waals surface area contributed by atoms with Gasteiger partial charge in [0.2, 0.25) is 0 Å². The average molecular weight is 543 g/mol. The van der Waals surface area contributed by atoms with Crippen molar-refractivity contribution in [2.75, 3.05) is 18.1 Å². The number of thiazole rings is 1. The molecular weight excluding hydrogens is 512 g/mol. The molecule has 1 aliphatic heterocycles. The lowest BCUT2D eigenvalue weighted by Gasteiger charge is -2.23. The van der Waals surface area contributed by atoms with E-state index in [4.69, 9.17) is 14.5 Å². The van der Waals surface area contributed by atoms with Gasteiger partial charge in [-0.3, -0.25) is 14.5 Å². The van der Waals surface area contributed by atoms with Crippen molar-refractivity contribution < 1.29 is 24.2 Å². The third kappa shape index (κ3) is 5.25. The number of amides is 1. The molecule has 2 heterocycles. The maximum atomic E-state index is 13.5. The van der Waals surface area contributed by atoms with Crippen LogP contribution < -0.4 is 14.4 Å². The largest absolute Gasteiger partial charge is 0.507 e. The molecule has 1 aliphatic rings. The zero-order valence-electron chi connectivity index (χ0n) is 22.1. The quantitative estimate of drug-likeness (QED) is 0.142. The molecule has 0 aliphatic carbocycles. The van der Waals surface area contributed by atoms with Crippen molar-refractivity contribution in [2.45, 2.75) is 39.7 Å². The van der Waals surface area contributed by atoms with E-state index in [9.17, 15) is 14.7 Å². The van der Waals surface area contributed by atoms with E-state index in [0.29, 0.717) is 41.0 Å². The molecule has 1 fully saturated rings. The van der Waals surface area contributed by atoms with Gasteiger partial charge in [0, 0.05) is 5.56 Å². The van der Waals surface area contributed by atoms with Gasteiger partial charge in [0.05, 0.1) is 35.0 Å². The van der Waals surface area contributed by atoms with Gasteiger partial charge in [-0.2, -0.15) is 0 Å². The monoisotopic (exact) mass is 542 g/mol. The number of fused-ring (bicyclic) bond motifs is 1. The van der Waals surface area contributed by atoms with Crippen LogP contribution in [0.15, 0.2) is 72.3 Å². The van der Waals surface area contributed by atoms with Crippen molar-refractivity contribution in [3.05, 3.63) is 89.0 Å². The predicted octanol–water partition coefficient (Wildman–Crippen LogP) is 6.81. The molecule has 8 heteroatoms. The zero-order chi connectivity index (χ0) is 27.5. The maximum Gasteiger partial charge on any atom is 0.301 e. The predicted molar refractivity (Wildman–Crippen MR) is 154 cm³/mol. The number of ketones is 1. The standard InChI is InChI=1S/C31H30N2O5S/c1-4-15-37-22-12-10-20(11-13-22)27-26(28(34)21-7-6-8-23(18-21)38-16-5-2)29(35)30(36)33(27)31-32-24-14-9-19(3)17-25(24)39-31/h6-14,17-18,27,34H,4-5,15-16H2,1-3H3. The Morgan fingerprint density at radius 2 is 1.67 bits per heavy atom. The van der Waals surface area contributed by atoms with Gasteiger partial charge in [-0.1, -0.05) is 55.5 Å². The summed E-state index contributed by atoms with van der Waals surface area (Å²) in [5.41, 5.74) is 2.88. The van der Waals surface area contributed by atoms with Crippen LogP contribution in [-0.2, 0) is 9.59 Å². The molecule has 1 aromatic heterocycles. The second kappa shape index (κ2) is 11.3. The highest BCUT2D eigenvalue weighted by Crippen LogP contribution is 2.44. The number of aliphatic hydroxyl groups is 1.